The first-order valence-electron chi connectivity index (χ1n) is 9.95. The number of H-pyrrole nitrogens is 1. The lowest BCUT2D eigenvalue weighted by molar-refractivity contribution is 0.0682. The maximum atomic E-state index is 6.33. The molecule has 29 heavy (non-hydrogen) atoms. The Labute approximate surface area is 172 Å². The van der Waals surface area contributed by atoms with Gasteiger partial charge in [0, 0.05) is 38.0 Å². The molecule has 7 heteroatoms. The number of aliphatic imine (C=N–C) groups is 1. The largest absolute Gasteiger partial charge is 0.385 e. The molecule has 1 aromatic rings. The summed E-state index contributed by atoms with van der Waals surface area (Å²) in [6.07, 6.45) is 12.4. The molecule has 0 bridgehead atoms. The summed E-state index contributed by atoms with van der Waals surface area (Å²) in [6, 6.07) is 0. The number of nitrogens with zero attached hydrogens (tertiary/aromatic N) is 3. The number of allylic oxidation sites excluding steroid dienone is 1. The number of aromatic amines is 1. The Hall–Kier alpha value is -2.64. The van der Waals surface area contributed by atoms with E-state index >= 15 is 0 Å². The highest BCUT2D eigenvalue weighted by molar-refractivity contribution is 6.10. The van der Waals surface area contributed by atoms with Crippen molar-refractivity contribution in [2.75, 3.05) is 26.8 Å². The fourth-order valence-corrected chi connectivity index (χ4v) is 3.28. The highest BCUT2D eigenvalue weighted by Crippen LogP contribution is 2.38. The average Bonchev–Trinajstić information content (AvgIpc) is 3.13. The number of likely N-dealkylation sites (tertiary alicyclic amines) is 1. The Kier molecular flexibility index (Phi) is 6.71. The molecular formula is C22H31N5O2. The van der Waals surface area contributed by atoms with E-state index in [4.69, 9.17) is 15.2 Å². The first-order chi connectivity index (χ1) is 14.0. The first-order valence-corrected chi connectivity index (χ1v) is 9.95. The Balaban J connectivity index is 1.76. The molecular weight excluding hydrogens is 366 g/mol. The maximum Gasteiger partial charge on any atom is 0.118 e. The summed E-state index contributed by atoms with van der Waals surface area (Å²) in [6.45, 7) is 12.0. The van der Waals surface area contributed by atoms with Crippen molar-refractivity contribution in [3.05, 3.63) is 54.3 Å². The van der Waals surface area contributed by atoms with E-state index in [1.54, 1.807) is 13.2 Å². The standard InChI is InChI=1S/C22H31N5O2/c1-5-17-18(8-7-13-29-22(3)10-11-22)25-26-21(17)19(24-6-2)14-20(23)27-12-9-16(15-27)28-4/h5-8,14,16H,1-2,9-13,15,23H2,3-4H3,(H,25,26)/b8-7-,20-14+,24-19+/t16-/m1/s1. The third kappa shape index (κ3) is 5.25. The minimum atomic E-state index is 0.0637. The van der Waals surface area contributed by atoms with Gasteiger partial charge in [0.25, 0.3) is 0 Å². The zero-order valence-electron chi connectivity index (χ0n) is 17.4. The predicted molar refractivity (Wildman–Crippen MR) is 117 cm³/mol. The molecule has 3 rings (SSSR count). The van der Waals surface area contributed by atoms with Crippen LogP contribution in [-0.2, 0) is 9.47 Å². The van der Waals surface area contributed by atoms with Crippen LogP contribution in [0.1, 0.15) is 43.1 Å². The van der Waals surface area contributed by atoms with E-state index in [1.165, 1.54) is 6.20 Å². The number of aromatic nitrogens is 2. The second-order valence-electron chi connectivity index (χ2n) is 7.63. The number of rotatable bonds is 10. The monoisotopic (exact) mass is 397 g/mol. The van der Waals surface area contributed by atoms with Crippen LogP contribution in [0.3, 0.4) is 0 Å². The zero-order valence-corrected chi connectivity index (χ0v) is 17.4. The van der Waals surface area contributed by atoms with Crippen molar-refractivity contribution in [1.82, 2.24) is 15.1 Å². The molecule has 1 aliphatic heterocycles. The van der Waals surface area contributed by atoms with Crippen molar-refractivity contribution in [3.8, 4) is 0 Å². The summed E-state index contributed by atoms with van der Waals surface area (Å²) in [5, 5.41) is 7.50. The van der Waals surface area contributed by atoms with Gasteiger partial charge >= 0.3 is 0 Å². The number of nitrogens with two attached hydrogens (primary N) is 1. The van der Waals surface area contributed by atoms with Crippen LogP contribution in [0.4, 0.5) is 0 Å². The van der Waals surface area contributed by atoms with E-state index in [9.17, 15) is 0 Å². The van der Waals surface area contributed by atoms with Crippen LogP contribution in [0.2, 0.25) is 0 Å². The molecule has 7 nitrogen and oxygen atoms in total. The van der Waals surface area contributed by atoms with Crippen molar-refractivity contribution in [3.63, 3.8) is 0 Å². The van der Waals surface area contributed by atoms with Crippen molar-refractivity contribution in [2.24, 2.45) is 10.7 Å². The van der Waals surface area contributed by atoms with Crippen LogP contribution in [0.25, 0.3) is 12.2 Å². The highest BCUT2D eigenvalue weighted by Gasteiger charge is 2.37. The fourth-order valence-electron chi connectivity index (χ4n) is 3.28. The molecule has 1 aromatic heterocycles. The van der Waals surface area contributed by atoms with Crippen LogP contribution >= 0.6 is 0 Å². The Morgan fingerprint density at radius 2 is 2.24 bits per heavy atom. The molecule has 0 spiro atoms. The molecule has 1 saturated heterocycles. The molecule has 2 heterocycles. The quantitative estimate of drug-likeness (QED) is 0.592. The second kappa shape index (κ2) is 9.24. The molecule has 0 amide bonds. The van der Waals surface area contributed by atoms with Gasteiger partial charge < -0.3 is 20.1 Å². The third-order valence-electron chi connectivity index (χ3n) is 5.41. The van der Waals surface area contributed by atoms with Crippen LogP contribution in [0, 0.1) is 0 Å². The Bertz CT molecular complexity index is 832. The van der Waals surface area contributed by atoms with Gasteiger partial charge in [0.05, 0.1) is 29.7 Å². The van der Waals surface area contributed by atoms with Gasteiger partial charge in [0.2, 0.25) is 0 Å². The lowest BCUT2D eigenvalue weighted by atomic mass is 10.1. The minimum Gasteiger partial charge on any atom is -0.385 e. The van der Waals surface area contributed by atoms with Crippen LogP contribution < -0.4 is 5.73 Å². The lowest BCUT2D eigenvalue weighted by Gasteiger charge is -2.18. The summed E-state index contributed by atoms with van der Waals surface area (Å²) < 4.78 is 11.3. The smallest absolute Gasteiger partial charge is 0.118 e. The molecule has 2 fully saturated rings. The van der Waals surface area contributed by atoms with E-state index < -0.39 is 0 Å². The molecule has 156 valence electrons. The van der Waals surface area contributed by atoms with Gasteiger partial charge in [-0.3, -0.25) is 10.1 Å². The molecule has 0 radical (unpaired) electrons. The summed E-state index contributed by atoms with van der Waals surface area (Å²) in [5.74, 6) is 0.631. The van der Waals surface area contributed by atoms with Gasteiger partial charge in [-0.05, 0) is 32.3 Å². The van der Waals surface area contributed by atoms with Crippen LogP contribution in [0.15, 0.2) is 42.3 Å². The third-order valence-corrected chi connectivity index (χ3v) is 5.41. The predicted octanol–water partition coefficient (Wildman–Crippen LogP) is 3.09. The van der Waals surface area contributed by atoms with Gasteiger partial charge in [-0.15, -0.1) is 0 Å². The van der Waals surface area contributed by atoms with Crippen molar-refractivity contribution >= 4 is 17.9 Å². The summed E-state index contributed by atoms with van der Waals surface area (Å²) >= 11 is 0. The van der Waals surface area contributed by atoms with E-state index in [0.717, 1.165) is 43.6 Å². The number of hydrogen-bond acceptors (Lipinski definition) is 6. The van der Waals surface area contributed by atoms with Gasteiger partial charge in [-0.25, -0.2) is 0 Å². The summed E-state index contributed by atoms with van der Waals surface area (Å²) in [7, 11) is 1.73. The van der Waals surface area contributed by atoms with Gasteiger partial charge in [0.1, 0.15) is 11.5 Å². The highest BCUT2D eigenvalue weighted by atomic mass is 16.5. The molecule has 2 aliphatic rings. The fraction of sp³-hybridized carbons (Fsp3) is 0.455. The topological polar surface area (TPSA) is 88.8 Å². The minimum absolute atomic E-state index is 0.0637. The second-order valence-corrected chi connectivity index (χ2v) is 7.63. The first kappa shape index (κ1) is 21.1. The van der Waals surface area contributed by atoms with Gasteiger partial charge in [0.15, 0.2) is 0 Å². The van der Waals surface area contributed by atoms with E-state index in [2.05, 4.69) is 40.2 Å². The SMILES string of the molecule is C=C/N=C(\C=C(/N)N1CC[C@@H](OC)C1)c1n[nH]c(/C=C\COC2(C)CC2)c1C=C. The number of hydrogen-bond donors (Lipinski definition) is 2. The molecule has 3 N–H and O–H groups in total. The molecule has 1 aliphatic carbocycles. The molecule has 1 saturated carbocycles. The Morgan fingerprint density at radius 1 is 1.45 bits per heavy atom. The zero-order chi connectivity index (χ0) is 20.9. The number of nitrogens with one attached hydrogen (secondary N) is 1. The molecule has 0 unspecified atom stereocenters. The van der Waals surface area contributed by atoms with Crippen LogP contribution in [-0.4, -0.2) is 59.3 Å². The average molecular weight is 398 g/mol. The molecule has 1 atom stereocenters. The van der Waals surface area contributed by atoms with Gasteiger partial charge in [-0.2, -0.15) is 5.10 Å². The van der Waals surface area contributed by atoms with Crippen molar-refractivity contribution in [1.29, 1.82) is 0 Å². The summed E-state index contributed by atoms with van der Waals surface area (Å²) in [4.78, 5) is 6.48. The van der Waals surface area contributed by atoms with Crippen LogP contribution in [0.5, 0.6) is 0 Å². The van der Waals surface area contributed by atoms with Crippen molar-refractivity contribution < 1.29 is 9.47 Å². The maximum absolute atomic E-state index is 6.33. The Morgan fingerprint density at radius 3 is 2.86 bits per heavy atom. The normalized spacial score (nSPS) is 21.7. The number of methoxy groups -OCH3 is 1. The lowest BCUT2D eigenvalue weighted by Crippen LogP contribution is -2.27. The van der Waals surface area contributed by atoms with Gasteiger partial charge in [-0.1, -0.05) is 25.3 Å². The van der Waals surface area contributed by atoms with Crippen molar-refractivity contribution in [2.45, 2.75) is 37.9 Å². The van der Waals surface area contributed by atoms with E-state index in [-0.39, 0.29) is 11.7 Å². The van der Waals surface area contributed by atoms with E-state index in [1.807, 2.05) is 18.2 Å². The molecule has 0 aromatic carbocycles. The number of ether oxygens (including phenoxy) is 2. The summed E-state index contributed by atoms with van der Waals surface area (Å²) in [5.41, 5.74) is 9.42. The van der Waals surface area contributed by atoms with E-state index in [0.29, 0.717) is 23.8 Å².